The molecule has 2 aromatic rings. The Morgan fingerprint density at radius 2 is 1.95 bits per heavy atom. The Bertz CT molecular complexity index is 795. The summed E-state index contributed by atoms with van der Waals surface area (Å²) in [6.45, 7) is 1.87. The van der Waals surface area contributed by atoms with Crippen LogP contribution in [-0.2, 0) is 10.0 Å². The molecule has 0 unspecified atom stereocenters. The first-order valence-corrected chi connectivity index (χ1v) is 7.99. The molecular formula is C14H11BrN2O2S. The Labute approximate surface area is 126 Å². The highest BCUT2D eigenvalue weighted by molar-refractivity contribution is 9.10. The average molecular weight is 351 g/mol. The van der Waals surface area contributed by atoms with Crippen LogP contribution < -0.4 is 4.72 Å². The number of benzene rings is 2. The van der Waals surface area contributed by atoms with E-state index >= 15 is 0 Å². The lowest BCUT2D eigenvalue weighted by atomic mass is 10.2. The van der Waals surface area contributed by atoms with E-state index in [1.807, 2.05) is 13.0 Å². The number of hydrogen-bond acceptors (Lipinski definition) is 3. The SMILES string of the molecule is Cc1cc(NS(=O)(=O)c2cccc(C#N)c2)ccc1Br. The van der Waals surface area contributed by atoms with E-state index < -0.39 is 10.0 Å². The number of nitriles is 1. The number of anilines is 1. The van der Waals surface area contributed by atoms with Gasteiger partial charge in [-0.3, -0.25) is 4.72 Å². The molecule has 0 saturated heterocycles. The predicted molar refractivity (Wildman–Crippen MR) is 80.8 cm³/mol. The van der Waals surface area contributed by atoms with E-state index in [0.717, 1.165) is 10.0 Å². The van der Waals surface area contributed by atoms with Crippen LogP contribution in [0.4, 0.5) is 5.69 Å². The molecule has 102 valence electrons. The van der Waals surface area contributed by atoms with Crippen molar-refractivity contribution in [3.8, 4) is 6.07 Å². The lowest BCUT2D eigenvalue weighted by Crippen LogP contribution is -2.13. The molecular weight excluding hydrogens is 340 g/mol. The highest BCUT2D eigenvalue weighted by Crippen LogP contribution is 2.22. The lowest BCUT2D eigenvalue weighted by Gasteiger charge is -2.09. The van der Waals surface area contributed by atoms with Crippen LogP contribution in [0, 0.1) is 18.3 Å². The molecule has 0 saturated carbocycles. The summed E-state index contributed by atoms with van der Waals surface area (Å²) < 4.78 is 27.9. The largest absolute Gasteiger partial charge is 0.280 e. The molecule has 0 aliphatic carbocycles. The van der Waals surface area contributed by atoms with Gasteiger partial charge in [0.15, 0.2) is 0 Å². The zero-order chi connectivity index (χ0) is 14.8. The summed E-state index contributed by atoms with van der Waals surface area (Å²) in [6.07, 6.45) is 0. The van der Waals surface area contributed by atoms with Crippen LogP contribution in [-0.4, -0.2) is 8.42 Å². The molecule has 0 atom stereocenters. The second-order valence-electron chi connectivity index (χ2n) is 4.21. The molecule has 0 aliphatic rings. The molecule has 20 heavy (non-hydrogen) atoms. The third kappa shape index (κ3) is 3.18. The summed E-state index contributed by atoms with van der Waals surface area (Å²) in [5.41, 5.74) is 1.71. The molecule has 2 rings (SSSR count). The number of halogens is 1. The van der Waals surface area contributed by atoms with E-state index in [1.165, 1.54) is 12.1 Å². The van der Waals surface area contributed by atoms with Gasteiger partial charge in [-0.15, -0.1) is 0 Å². The van der Waals surface area contributed by atoms with E-state index in [4.69, 9.17) is 5.26 Å². The third-order valence-corrected chi connectivity index (χ3v) is 4.95. The fourth-order valence-electron chi connectivity index (χ4n) is 1.66. The molecule has 0 spiro atoms. The smallest absolute Gasteiger partial charge is 0.261 e. The van der Waals surface area contributed by atoms with Crippen molar-refractivity contribution in [1.82, 2.24) is 0 Å². The molecule has 1 N–H and O–H groups in total. The van der Waals surface area contributed by atoms with Crippen molar-refractivity contribution < 1.29 is 8.42 Å². The number of rotatable bonds is 3. The van der Waals surface area contributed by atoms with Crippen molar-refractivity contribution in [1.29, 1.82) is 5.26 Å². The Kier molecular flexibility index (Phi) is 4.12. The quantitative estimate of drug-likeness (QED) is 0.921. The summed E-state index contributed by atoms with van der Waals surface area (Å²) in [5.74, 6) is 0. The van der Waals surface area contributed by atoms with Gasteiger partial charge < -0.3 is 0 Å². The van der Waals surface area contributed by atoms with Gasteiger partial charge in [-0.2, -0.15) is 5.26 Å². The molecule has 0 fully saturated rings. The first-order chi connectivity index (χ1) is 9.42. The summed E-state index contributed by atoms with van der Waals surface area (Å²) in [6, 6.07) is 13.0. The minimum atomic E-state index is -3.69. The van der Waals surface area contributed by atoms with Crippen molar-refractivity contribution in [3.05, 3.63) is 58.1 Å². The Morgan fingerprint density at radius 3 is 2.60 bits per heavy atom. The van der Waals surface area contributed by atoms with Crippen LogP contribution in [0.25, 0.3) is 0 Å². The monoisotopic (exact) mass is 350 g/mol. The zero-order valence-electron chi connectivity index (χ0n) is 10.6. The molecule has 0 radical (unpaired) electrons. The predicted octanol–water partition coefficient (Wildman–Crippen LogP) is 3.43. The topological polar surface area (TPSA) is 70.0 Å². The second-order valence-corrected chi connectivity index (χ2v) is 6.75. The van der Waals surface area contributed by atoms with Crippen LogP contribution in [0.5, 0.6) is 0 Å². The van der Waals surface area contributed by atoms with Gasteiger partial charge in [0.1, 0.15) is 0 Å². The van der Waals surface area contributed by atoms with Crippen molar-refractivity contribution in [2.75, 3.05) is 4.72 Å². The standard InChI is InChI=1S/C14H11BrN2O2S/c1-10-7-12(5-6-14(10)15)17-20(18,19)13-4-2-3-11(8-13)9-16/h2-8,17H,1H3. The van der Waals surface area contributed by atoms with E-state index in [2.05, 4.69) is 20.7 Å². The Balaban J connectivity index is 2.35. The molecule has 0 amide bonds. The normalized spacial score (nSPS) is 10.8. The molecule has 2 aromatic carbocycles. The second kappa shape index (κ2) is 5.65. The molecule has 0 heterocycles. The lowest BCUT2D eigenvalue weighted by molar-refractivity contribution is 0.601. The van der Waals surface area contributed by atoms with Crippen LogP contribution in [0.15, 0.2) is 51.8 Å². The van der Waals surface area contributed by atoms with Crippen LogP contribution in [0.2, 0.25) is 0 Å². The van der Waals surface area contributed by atoms with Gasteiger partial charge in [0.25, 0.3) is 10.0 Å². The minimum Gasteiger partial charge on any atom is -0.280 e. The molecule has 4 nitrogen and oxygen atoms in total. The van der Waals surface area contributed by atoms with Crippen molar-refractivity contribution in [2.24, 2.45) is 0 Å². The maximum Gasteiger partial charge on any atom is 0.261 e. The minimum absolute atomic E-state index is 0.0668. The summed E-state index contributed by atoms with van der Waals surface area (Å²) in [5, 5.41) is 8.81. The summed E-state index contributed by atoms with van der Waals surface area (Å²) in [4.78, 5) is 0.0668. The van der Waals surface area contributed by atoms with E-state index in [1.54, 1.807) is 30.3 Å². The van der Waals surface area contributed by atoms with Crippen LogP contribution >= 0.6 is 15.9 Å². The van der Waals surface area contributed by atoms with E-state index in [0.29, 0.717) is 11.3 Å². The fraction of sp³-hybridized carbons (Fsp3) is 0.0714. The van der Waals surface area contributed by atoms with Crippen molar-refractivity contribution in [2.45, 2.75) is 11.8 Å². The van der Waals surface area contributed by atoms with E-state index in [9.17, 15) is 8.42 Å². The first-order valence-electron chi connectivity index (χ1n) is 5.71. The number of sulfonamides is 1. The number of aryl methyl sites for hydroxylation is 1. The molecule has 0 bridgehead atoms. The molecule has 0 aromatic heterocycles. The Hall–Kier alpha value is -1.84. The fourth-order valence-corrected chi connectivity index (χ4v) is 3.00. The van der Waals surface area contributed by atoms with E-state index in [-0.39, 0.29) is 4.90 Å². The first kappa shape index (κ1) is 14.6. The van der Waals surface area contributed by atoms with Crippen molar-refractivity contribution in [3.63, 3.8) is 0 Å². The van der Waals surface area contributed by atoms with Crippen molar-refractivity contribution >= 4 is 31.6 Å². The molecule has 0 aliphatic heterocycles. The maximum absolute atomic E-state index is 12.2. The van der Waals surface area contributed by atoms with Gasteiger partial charge in [-0.25, -0.2) is 8.42 Å². The third-order valence-electron chi connectivity index (χ3n) is 2.68. The number of hydrogen-bond donors (Lipinski definition) is 1. The van der Waals surface area contributed by atoms with Gasteiger partial charge in [0, 0.05) is 10.2 Å². The maximum atomic E-state index is 12.2. The van der Waals surface area contributed by atoms with Gasteiger partial charge in [0.2, 0.25) is 0 Å². The highest BCUT2D eigenvalue weighted by Gasteiger charge is 2.14. The van der Waals surface area contributed by atoms with Gasteiger partial charge in [-0.05, 0) is 48.9 Å². The van der Waals surface area contributed by atoms with Gasteiger partial charge >= 0.3 is 0 Å². The zero-order valence-corrected chi connectivity index (χ0v) is 13.0. The molecule has 6 heteroatoms. The van der Waals surface area contributed by atoms with Gasteiger partial charge in [-0.1, -0.05) is 22.0 Å². The van der Waals surface area contributed by atoms with Gasteiger partial charge in [0.05, 0.1) is 16.5 Å². The number of nitrogens with zero attached hydrogens (tertiary/aromatic N) is 1. The van der Waals surface area contributed by atoms with Crippen LogP contribution in [0.1, 0.15) is 11.1 Å². The van der Waals surface area contributed by atoms with Crippen LogP contribution in [0.3, 0.4) is 0 Å². The number of nitrogens with one attached hydrogen (secondary N) is 1. The highest BCUT2D eigenvalue weighted by atomic mass is 79.9. The average Bonchev–Trinajstić information content (AvgIpc) is 2.43. The summed E-state index contributed by atoms with van der Waals surface area (Å²) in [7, 11) is -3.69. The summed E-state index contributed by atoms with van der Waals surface area (Å²) >= 11 is 3.36. The Morgan fingerprint density at radius 1 is 1.20 bits per heavy atom.